The number of aryl methyl sites for hydroxylation is 2. The lowest BCUT2D eigenvalue weighted by Gasteiger charge is -2.22. The lowest BCUT2D eigenvalue weighted by atomic mass is 10.1. The van der Waals surface area contributed by atoms with Crippen molar-refractivity contribution in [1.29, 1.82) is 0 Å². The van der Waals surface area contributed by atoms with Crippen LogP contribution in [0.3, 0.4) is 0 Å². The number of amides is 1. The van der Waals surface area contributed by atoms with Gasteiger partial charge in [-0.15, -0.1) is 11.3 Å². The Bertz CT molecular complexity index is 1450. The smallest absolute Gasteiger partial charge is 0.311 e. The number of benzene rings is 2. The van der Waals surface area contributed by atoms with Gasteiger partial charge in [-0.1, -0.05) is 24.3 Å². The summed E-state index contributed by atoms with van der Waals surface area (Å²) in [5.41, 5.74) is 3.84. The van der Waals surface area contributed by atoms with E-state index in [-0.39, 0.29) is 18.0 Å². The molecule has 2 heterocycles. The third-order valence-corrected chi connectivity index (χ3v) is 6.69. The van der Waals surface area contributed by atoms with Gasteiger partial charge in [0.05, 0.1) is 11.2 Å². The fourth-order valence-electron chi connectivity index (χ4n) is 3.95. The monoisotopic (exact) mass is 447 g/mol. The van der Waals surface area contributed by atoms with E-state index in [0.717, 1.165) is 22.4 Å². The minimum Gasteiger partial charge on any atom is -0.311 e. The molecule has 1 amide bonds. The molecule has 0 unspecified atom stereocenters. The van der Waals surface area contributed by atoms with Crippen molar-refractivity contribution in [3.63, 3.8) is 0 Å². The van der Waals surface area contributed by atoms with E-state index in [0.29, 0.717) is 22.4 Å². The van der Waals surface area contributed by atoms with Crippen LogP contribution in [0.15, 0.2) is 63.5 Å². The number of nitrogens with zero attached hydrogens (tertiary/aromatic N) is 3. The van der Waals surface area contributed by atoms with Gasteiger partial charge in [0.1, 0.15) is 11.2 Å². The lowest BCUT2D eigenvalue weighted by Crippen LogP contribution is -2.42. The van der Waals surface area contributed by atoms with Gasteiger partial charge >= 0.3 is 5.69 Å². The number of rotatable bonds is 5. The maximum atomic E-state index is 13.6. The number of likely N-dealkylation sites (N-methyl/N-ethyl adjacent to an activating group) is 1. The number of anilines is 1. The standard InChI is InChI=1S/C25H25N3O3S/c1-5-26(19-10-6-8-16(2)14-19)22(29)15-27-21-12-13-32-23(21)24(30)28(25(27)31)20-11-7-9-17(3)18(20)4/h6-14H,5,15H2,1-4H3. The first-order chi connectivity index (χ1) is 15.3. The van der Waals surface area contributed by atoms with E-state index in [9.17, 15) is 14.4 Å². The number of aromatic nitrogens is 2. The molecule has 0 aliphatic carbocycles. The van der Waals surface area contributed by atoms with E-state index >= 15 is 0 Å². The molecule has 4 rings (SSSR count). The van der Waals surface area contributed by atoms with E-state index in [1.54, 1.807) is 22.4 Å². The molecule has 4 aromatic rings. The summed E-state index contributed by atoms with van der Waals surface area (Å²) in [7, 11) is 0. The Hall–Kier alpha value is -3.45. The molecular formula is C25H25N3O3S. The van der Waals surface area contributed by atoms with E-state index in [1.165, 1.54) is 20.5 Å². The van der Waals surface area contributed by atoms with Crippen molar-refractivity contribution in [3.05, 3.63) is 91.4 Å². The first-order valence-electron chi connectivity index (χ1n) is 10.5. The summed E-state index contributed by atoms with van der Waals surface area (Å²) in [4.78, 5) is 41.8. The summed E-state index contributed by atoms with van der Waals surface area (Å²) in [6, 6.07) is 15.0. The second-order valence-corrected chi connectivity index (χ2v) is 8.76. The number of thiophene rings is 1. The van der Waals surface area contributed by atoms with Crippen LogP contribution in [0.1, 0.15) is 23.6 Å². The Morgan fingerprint density at radius 3 is 2.50 bits per heavy atom. The van der Waals surface area contributed by atoms with Crippen molar-refractivity contribution >= 4 is 33.1 Å². The fourth-order valence-corrected chi connectivity index (χ4v) is 4.77. The number of carbonyl (C=O) groups excluding carboxylic acids is 1. The third kappa shape index (κ3) is 3.69. The maximum Gasteiger partial charge on any atom is 0.336 e. The second-order valence-electron chi connectivity index (χ2n) is 7.84. The Labute approximate surface area is 190 Å². The van der Waals surface area contributed by atoms with Crippen LogP contribution in [0.4, 0.5) is 5.69 Å². The Morgan fingerprint density at radius 1 is 1.03 bits per heavy atom. The molecule has 0 bridgehead atoms. The molecule has 2 aromatic heterocycles. The predicted octanol–water partition coefficient (Wildman–Crippen LogP) is 4.19. The highest BCUT2D eigenvalue weighted by Crippen LogP contribution is 2.20. The van der Waals surface area contributed by atoms with Crippen molar-refractivity contribution < 1.29 is 4.79 Å². The molecular weight excluding hydrogens is 422 g/mol. The van der Waals surface area contributed by atoms with Gasteiger partial charge in [0, 0.05) is 12.2 Å². The van der Waals surface area contributed by atoms with Gasteiger partial charge in [-0.2, -0.15) is 0 Å². The molecule has 0 N–H and O–H groups in total. The largest absolute Gasteiger partial charge is 0.336 e. The summed E-state index contributed by atoms with van der Waals surface area (Å²) in [6.07, 6.45) is 0. The topological polar surface area (TPSA) is 64.3 Å². The highest BCUT2D eigenvalue weighted by molar-refractivity contribution is 7.17. The molecule has 6 nitrogen and oxygen atoms in total. The Morgan fingerprint density at radius 2 is 1.78 bits per heavy atom. The van der Waals surface area contributed by atoms with Gasteiger partial charge < -0.3 is 4.90 Å². The highest BCUT2D eigenvalue weighted by Gasteiger charge is 2.21. The third-order valence-electron chi connectivity index (χ3n) is 5.80. The average Bonchev–Trinajstić information content (AvgIpc) is 3.25. The normalized spacial score (nSPS) is 11.1. The van der Waals surface area contributed by atoms with Gasteiger partial charge in [-0.25, -0.2) is 9.36 Å². The first-order valence-corrected chi connectivity index (χ1v) is 11.4. The lowest BCUT2D eigenvalue weighted by molar-refractivity contribution is -0.119. The van der Waals surface area contributed by atoms with Crippen LogP contribution in [-0.2, 0) is 11.3 Å². The minimum absolute atomic E-state index is 0.154. The van der Waals surface area contributed by atoms with Gasteiger partial charge in [0.15, 0.2) is 0 Å². The van der Waals surface area contributed by atoms with Crippen molar-refractivity contribution in [2.45, 2.75) is 34.2 Å². The van der Waals surface area contributed by atoms with Crippen molar-refractivity contribution in [3.8, 4) is 5.69 Å². The number of carbonyl (C=O) groups is 1. The maximum absolute atomic E-state index is 13.6. The van der Waals surface area contributed by atoms with Gasteiger partial charge in [0.2, 0.25) is 5.91 Å². The number of hydrogen-bond acceptors (Lipinski definition) is 4. The quantitative estimate of drug-likeness (QED) is 0.461. The zero-order valence-electron chi connectivity index (χ0n) is 18.6. The van der Waals surface area contributed by atoms with Crippen LogP contribution >= 0.6 is 11.3 Å². The predicted molar refractivity (Wildman–Crippen MR) is 130 cm³/mol. The summed E-state index contributed by atoms with van der Waals surface area (Å²) >= 11 is 1.28. The van der Waals surface area contributed by atoms with Gasteiger partial charge in [0.25, 0.3) is 5.56 Å². The van der Waals surface area contributed by atoms with Gasteiger partial charge in [-0.3, -0.25) is 14.2 Å². The van der Waals surface area contributed by atoms with E-state index < -0.39 is 5.69 Å². The molecule has 0 saturated heterocycles. The van der Waals surface area contributed by atoms with Crippen LogP contribution in [0.5, 0.6) is 0 Å². The van der Waals surface area contributed by atoms with Gasteiger partial charge in [-0.05, 0) is 74.0 Å². The molecule has 0 atom stereocenters. The number of hydrogen-bond donors (Lipinski definition) is 0. The molecule has 0 fully saturated rings. The molecule has 0 spiro atoms. The zero-order chi connectivity index (χ0) is 23.0. The van der Waals surface area contributed by atoms with Crippen LogP contribution in [0.2, 0.25) is 0 Å². The Balaban J connectivity index is 1.87. The fraction of sp³-hybridized carbons (Fsp3) is 0.240. The molecule has 0 aliphatic heterocycles. The number of fused-ring (bicyclic) bond motifs is 1. The molecule has 2 aromatic carbocycles. The van der Waals surface area contributed by atoms with E-state index in [4.69, 9.17) is 0 Å². The average molecular weight is 448 g/mol. The van der Waals surface area contributed by atoms with Crippen LogP contribution in [0.25, 0.3) is 15.9 Å². The molecule has 164 valence electrons. The minimum atomic E-state index is -0.511. The summed E-state index contributed by atoms with van der Waals surface area (Å²) in [5.74, 6) is -0.209. The van der Waals surface area contributed by atoms with Crippen LogP contribution < -0.4 is 16.1 Å². The van der Waals surface area contributed by atoms with Crippen molar-refractivity contribution in [1.82, 2.24) is 9.13 Å². The highest BCUT2D eigenvalue weighted by atomic mass is 32.1. The second kappa shape index (κ2) is 8.59. The van der Waals surface area contributed by atoms with Crippen molar-refractivity contribution in [2.75, 3.05) is 11.4 Å². The van der Waals surface area contributed by atoms with E-state index in [2.05, 4.69) is 0 Å². The van der Waals surface area contributed by atoms with Crippen LogP contribution in [0, 0.1) is 20.8 Å². The molecule has 0 radical (unpaired) electrons. The van der Waals surface area contributed by atoms with E-state index in [1.807, 2.05) is 64.1 Å². The molecule has 7 heteroatoms. The Kier molecular flexibility index (Phi) is 5.84. The van der Waals surface area contributed by atoms with Crippen LogP contribution in [-0.4, -0.2) is 21.6 Å². The molecule has 0 aliphatic rings. The summed E-state index contributed by atoms with van der Waals surface area (Å²) in [5, 5.41) is 1.78. The SMILES string of the molecule is CCN(C(=O)Cn1c(=O)n(-c2cccc(C)c2C)c(=O)c2sccc21)c1cccc(C)c1. The summed E-state index contributed by atoms with van der Waals surface area (Å²) < 4.78 is 3.06. The molecule has 0 saturated carbocycles. The first kappa shape index (κ1) is 21.8. The zero-order valence-corrected chi connectivity index (χ0v) is 19.4. The summed E-state index contributed by atoms with van der Waals surface area (Å²) in [6.45, 7) is 8.03. The molecule has 32 heavy (non-hydrogen) atoms. The van der Waals surface area contributed by atoms with Crippen molar-refractivity contribution in [2.24, 2.45) is 0 Å².